The van der Waals surface area contributed by atoms with E-state index in [1.165, 1.54) is 18.2 Å². The van der Waals surface area contributed by atoms with Crippen LogP contribution in [0, 0.1) is 30.9 Å². The third-order valence-electron chi connectivity index (χ3n) is 3.42. The first kappa shape index (κ1) is 16.5. The lowest BCUT2D eigenvalue weighted by Gasteiger charge is -2.09. The molecule has 23 heavy (non-hydrogen) atoms. The van der Waals surface area contributed by atoms with Crippen LogP contribution >= 0.6 is 0 Å². The molecule has 0 atom stereocenters. The molecule has 0 bridgehead atoms. The summed E-state index contributed by atoms with van der Waals surface area (Å²) < 4.78 is 10.6. The zero-order valence-electron chi connectivity index (χ0n) is 13.2. The largest absolute Gasteiger partial charge is 0.482 e. The van der Waals surface area contributed by atoms with Crippen LogP contribution in [0.2, 0.25) is 0 Å². The molecule has 6 heteroatoms. The number of non-ortho nitro benzene ring substituents is 1. The maximum atomic E-state index is 11.8. The minimum absolute atomic E-state index is 0.0208. The molecule has 0 N–H and O–H groups in total. The number of benzene rings is 2. The maximum Gasteiger partial charge on any atom is 0.349 e. The third-order valence-corrected chi connectivity index (χ3v) is 3.42. The van der Waals surface area contributed by atoms with Crippen LogP contribution in [-0.4, -0.2) is 17.5 Å². The fourth-order valence-corrected chi connectivity index (χ4v) is 1.98. The van der Waals surface area contributed by atoms with Crippen molar-refractivity contribution in [3.8, 4) is 11.5 Å². The molecule has 120 valence electrons. The monoisotopic (exact) mass is 315 g/mol. The van der Waals surface area contributed by atoms with Gasteiger partial charge in [0.25, 0.3) is 5.69 Å². The van der Waals surface area contributed by atoms with E-state index in [0.717, 1.165) is 11.1 Å². The van der Waals surface area contributed by atoms with Crippen molar-refractivity contribution >= 4 is 11.7 Å². The van der Waals surface area contributed by atoms with Crippen molar-refractivity contribution in [2.75, 3.05) is 6.61 Å². The van der Waals surface area contributed by atoms with Gasteiger partial charge in [-0.25, -0.2) is 4.79 Å². The number of ether oxygens (including phenoxy) is 2. The molecule has 0 saturated heterocycles. The van der Waals surface area contributed by atoms with E-state index in [2.05, 4.69) is 0 Å². The van der Waals surface area contributed by atoms with Crippen LogP contribution in [0.25, 0.3) is 0 Å². The Balaban J connectivity index is 1.96. The molecule has 0 aromatic heterocycles. The van der Waals surface area contributed by atoms with Crippen molar-refractivity contribution in [1.82, 2.24) is 0 Å². The lowest BCUT2D eigenvalue weighted by molar-refractivity contribution is -0.384. The minimum Gasteiger partial charge on any atom is -0.482 e. The number of nitrogens with zero attached hydrogens (tertiary/aromatic N) is 1. The van der Waals surface area contributed by atoms with Crippen LogP contribution in [0.15, 0.2) is 36.4 Å². The summed E-state index contributed by atoms with van der Waals surface area (Å²) in [7, 11) is 0. The Hall–Kier alpha value is -2.89. The van der Waals surface area contributed by atoms with Gasteiger partial charge in [-0.1, -0.05) is 6.07 Å². The summed E-state index contributed by atoms with van der Waals surface area (Å²) in [6.45, 7) is 5.31. The van der Waals surface area contributed by atoms with Crippen molar-refractivity contribution in [2.45, 2.75) is 20.8 Å². The molecule has 0 heterocycles. The third kappa shape index (κ3) is 4.29. The van der Waals surface area contributed by atoms with Crippen LogP contribution in [0.4, 0.5) is 5.69 Å². The first-order valence-corrected chi connectivity index (χ1v) is 7.02. The highest BCUT2D eigenvalue weighted by atomic mass is 16.6. The summed E-state index contributed by atoms with van der Waals surface area (Å²) in [6.07, 6.45) is 0. The molecular formula is C17H17NO5. The Morgan fingerprint density at radius 2 is 1.78 bits per heavy atom. The van der Waals surface area contributed by atoms with Gasteiger partial charge >= 0.3 is 5.97 Å². The maximum absolute atomic E-state index is 11.8. The molecule has 6 nitrogen and oxygen atoms in total. The highest BCUT2D eigenvalue weighted by Crippen LogP contribution is 2.23. The number of nitro groups is 1. The van der Waals surface area contributed by atoms with E-state index < -0.39 is 10.9 Å². The second-order valence-corrected chi connectivity index (χ2v) is 5.22. The van der Waals surface area contributed by atoms with Crippen molar-refractivity contribution < 1.29 is 19.2 Å². The van der Waals surface area contributed by atoms with Gasteiger partial charge in [0, 0.05) is 12.1 Å². The van der Waals surface area contributed by atoms with E-state index in [9.17, 15) is 14.9 Å². The Kier molecular flexibility index (Phi) is 4.95. The number of hydrogen-bond acceptors (Lipinski definition) is 5. The molecule has 0 saturated carbocycles. The molecule has 0 aliphatic rings. The van der Waals surface area contributed by atoms with E-state index in [1.54, 1.807) is 19.1 Å². The molecule has 2 aromatic rings. The van der Waals surface area contributed by atoms with Gasteiger partial charge in [-0.05, 0) is 55.7 Å². The molecule has 2 rings (SSSR count). The number of aryl methyl sites for hydroxylation is 3. The van der Waals surface area contributed by atoms with Crippen LogP contribution in [-0.2, 0) is 4.79 Å². The average molecular weight is 315 g/mol. The molecule has 0 fully saturated rings. The highest BCUT2D eigenvalue weighted by Gasteiger charge is 2.11. The summed E-state index contributed by atoms with van der Waals surface area (Å²) in [5.41, 5.74) is 2.70. The average Bonchev–Trinajstić information content (AvgIpc) is 2.49. The lowest BCUT2D eigenvalue weighted by Crippen LogP contribution is -2.18. The standard InChI is InChI=1S/C17H17NO5/c1-11-4-6-15(9-12(11)2)23-17(19)10-22-16-7-5-14(18(20)21)8-13(16)3/h4-9H,10H2,1-3H3. The Bertz CT molecular complexity index is 755. The second-order valence-electron chi connectivity index (χ2n) is 5.22. The highest BCUT2D eigenvalue weighted by molar-refractivity contribution is 5.74. The summed E-state index contributed by atoms with van der Waals surface area (Å²) in [5, 5.41) is 10.7. The Labute approximate surface area is 133 Å². The molecule has 0 aliphatic carbocycles. The van der Waals surface area contributed by atoms with Gasteiger partial charge in [0.2, 0.25) is 0 Å². The number of hydrogen-bond donors (Lipinski definition) is 0. The van der Waals surface area contributed by atoms with Gasteiger partial charge in [-0.3, -0.25) is 10.1 Å². The fourth-order valence-electron chi connectivity index (χ4n) is 1.98. The Morgan fingerprint density at radius 1 is 1.04 bits per heavy atom. The first-order chi connectivity index (χ1) is 10.9. The SMILES string of the molecule is Cc1ccc(OC(=O)COc2ccc([N+](=O)[O-])cc2C)cc1C. The molecule has 0 spiro atoms. The lowest BCUT2D eigenvalue weighted by atomic mass is 10.1. The van der Waals surface area contributed by atoms with Gasteiger partial charge < -0.3 is 9.47 Å². The quantitative estimate of drug-likeness (QED) is 0.365. The van der Waals surface area contributed by atoms with Crippen LogP contribution in [0.5, 0.6) is 11.5 Å². The zero-order chi connectivity index (χ0) is 17.0. The zero-order valence-corrected chi connectivity index (χ0v) is 13.2. The van der Waals surface area contributed by atoms with Crippen LogP contribution in [0.3, 0.4) is 0 Å². The number of carbonyl (C=O) groups is 1. The molecule has 0 unspecified atom stereocenters. The number of rotatable bonds is 5. The van der Waals surface area contributed by atoms with E-state index in [-0.39, 0.29) is 12.3 Å². The number of esters is 1. The molecule has 0 amide bonds. The Morgan fingerprint density at radius 3 is 2.39 bits per heavy atom. The molecular weight excluding hydrogens is 298 g/mol. The topological polar surface area (TPSA) is 78.7 Å². The van der Waals surface area contributed by atoms with E-state index >= 15 is 0 Å². The van der Waals surface area contributed by atoms with Gasteiger partial charge in [0.05, 0.1) is 4.92 Å². The molecule has 0 radical (unpaired) electrons. The van der Waals surface area contributed by atoms with E-state index in [1.807, 2.05) is 19.9 Å². The van der Waals surface area contributed by atoms with Crippen LogP contribution in [0.1, 0.15) is 16.7 Å². The summed E-state index contributed by atoms with van der Waals surface area (Å²) in [6, 6.07) is 9.57. The molecule has 0 aliphatic heterocycles. The predicted octanol–water partition coefficient (Wildman–Crippen LogP) is 3.50. The van der Waals surface area contributed by atoms with Gasteiger partial charge in [0.1, 0.15) is 11.5 Å². The normalized spacial score (nSPS) is 10.2. The van der Waals surface area contributed by atoms with Crippen molar-refractivity contribution in [3.63, 3.8) is 0 Å². The van der Waals surface area contributed by atoms with Gasteiger partial charge in [0.15, 0.2) is 6.61 Å². The van der Waals surface area contributed by atoms with Crippen molar-refractivity contribution in [3.05, 3.63) is 63.2 Å². The minimum atomic E-state index is -0.536. The van der Waals surface area contributed by atoms with Crippen molar-refractivity contribution in [2.24, 2.45) is 0 Å². The summed E-state index contributed by atoms with van der Waals surface area (Å²) in [5.74, 6) is 0.334. The van der Waals surface area contributed by atoms with E-state index in [4.69, 9.17) is 9.47 Å². The van der Waals surface area contributed by atoms with Crippen LogP contribution < -0.4 is 9.47 Å². The second kappa shape index (κ2) is 6.91. The predicted molar refractivity (Wildman–Crippen MR) is 84.9 cm³/mol. The number of carbonyl (C=O) groups excluding carboxylic acids is 1. The smallest absolute Gasteiger partial charge is 0.349 e. The summed E-state index contributed by atoms with van der Waals surface area (Å²) >= 11 is 0. The molecule has 2 aromatic carbocycles. The number of nitro benzene ring substituents is 1. The van der Waals surface area contributed by atoms with Gasteiger partial charge in [-0.15, -0.1) is 0 Å². The fraction of sp³-hybridized carbons (Fsp3) is 0.235. The van der Waals surface area contributed by atoms with Gasteiger partial charge in [-0.2, -0.15) is 0 Å². The first-order valence-electron chi connectivity index (χ1n) is 7.02. The van der Waals surface area contributed by atoms with E-state index in [0.29, 0.717) is 17.1 Å². The summed E-state index contributed by atoms with van der Waals surface area (Å²) in [4.78, 5) is 22.0. The van der Waals surface area contributed by atoms with Crippen molar-refractivity contribution in [1.29, 1.82) is 0 Å².